The summed E-state index contributed by atoms with van der Waals surface area (Å²) in [4.78, 5) is 11.8. The molecule has 1 aliphatic heterocycles. The van der Waals surface area contributed by atoms with Crippen LogP contribution in [0.5, 0.6) is 0 Å². The zero-order valence-corrected chi connectivity index (χ0v) is 14.6. The number of nitrogens with zero attached hydrogens (tertiary/aromatic N) is 3. The fraction of sp³-hybridized carbons (Fsp3) is 0.368. The molecule has 1 fully saturated rings. The normalized spacial score (nSPS) is 16.8. The standard InChI is InChI=1S/C19H19F2N3S/c20-19(21)11-24-5-3-13(4-6-24)17-8-16-7-14(18-10-22-12-25-18)1-2-15(16)9-23-17/h1-2,7-10,12-13,19H,3-6,11H2. The molecule has 2 aromatic heterocycles. The summed E-state index contributed by atoms with van der Waals surface area (Å²) in [6.07, 6.45) is 3.33. The number of aromatic nitrogens is 2. The van der Waals surface area contributed by atoms with E-state index in [2.05, 4.69) is 34.2 Å². The Balaban J connectivity index is 1.54. The van der Waals surface area contributed by atoms with Gasteiger partial charge in [0.05, 0.1) is 16.9 Å². The maximum Gasteiger partial charge on any atom is 0.251 e. The SMILES string of the molecule is FC(F)CN1CCC(c2cc3cc(-c4cncs4)ccc3cn2)CC1. The molecule has 1 saturated heterocycles. The van der Waals surface area contributed by atoms with E-state index in [1.807, 2.05) is 22.8 Å². The van der Waals surface area contributed by atoms with Crippen molar-refractivity contribution in [2.75, 3.05) is 19.6 Å². The highest BCUT2D eigenvalue weighted by Gasteiger charge is 2.23. The first-order valence-electron chi connectivity index (χ1n) is 8.48. The third kappa shape index (κ3) is 3.70. The van der Waals surface area contributed by atoms with Gasteiger partial charge in [0.25, 0.3) is 6.43 Å². The van der Waals surface area contributed by atoms with Crippen molar-refractivity contribution >= 4 is 22.1 Å². The van der Waals surface area contributed by atoms with Gasteiger partial charge in [-0.2, -0.15) is 0 Å². The molecule has 4 rings (SSSR count). The number of rotatable bonds is 4. The van der Waals surface area contributed by atoms with Gasteiger partial charge in [-0.3, -0.25) is 14.9 Å². The van der Waals surface area contributed by atoms with Gasteiger partial charge >= 0.3 is 0 Å². The first kappa shape index (κ1) is 16.5. The molecule has 3 aromatic rings. The van der Waals surface area contributed by atoms with E-state index >= 15 is 0 Å². The Morgan fingerprint density at radius 2 is 1.96 bits per heavy atom. The molecule has 3 heterocycles. The van der Waals surface area contributed by atoms with Crippen LogP contribution in [-0.2, 0) is 0 Å². The van der Waals surface area contributed by atoms with Crippen LogP contribution in [0.1, 0.15) is 24.5 Å². The largest absolute Gasteiger partial charge is 0.298 e. The number of benzene rings is 1. The molecular weight excluding hydrogens is 340 g/mol. The maximum atomic E-state index is 12.5. The molecule has 0 saturated carbocycles. The van der Waals surface area contributed by atoms with Gasteiger partial charge in [0.1, 0.15) is 0 Å². The van der Waals surface area contributed by atoms with Crippen molar-refractivity contribution in [3.63, 3.8) is 0 Å². The highest BCUT2D eigenvalue weighted by molar-refractivity contribution is 7.13. The zero-order valence-electron chi connectivity index (χ0n) is 13.7. The molecule has 0 spiro atoms. The molecule has 1 aliphatic rings. The van der Waals surface area contributed by atoms with Gasteiger partial charge in [0, 0.05) is 29.4 Å². The van der Waals surface area contributed by atoms with Gasteiger partial charge in [-0.1, -0.05) is 12.1 Å². The molecule has 6 heteroatoms. The number of likely N-dealkylation sites (tertiary alicyclic amines) is 1. The van der Waals surface area contributed by atoms with E-state index in [0.717, 1.165) is 41.9 Å². The quantitative estimate of drug-likeness (QED) is 0.670. The van der Waals surface area contributed by atoms with E-state index < -0.39 is 6.43 Å². The topological polar surface area (TPSA) is 29.0 Å². The number of alkyl halides is 2. The first-order valence-corrected chi connectivity index (χ1v) is 9.36. The van der Waals surface area contributed by atoms with Crippen molar-refractivity contribution in [2.45, 2.75) is 25.2 Å². The number of hydrogen-bond donors (Lipinski definition) is 0. The number of halogens is 2. The Kier molecular flexibility index (Phi) is 4.72. The molecule has 0 bridgehead atoms. The molecule has 130 valence electrons. The van der Waals surface area contributed by atoms with Crippen molar-refractivity contribution in [2.24, 2.45) is 0 Å². The van der Waals surface area contributed by atoms with E-state index in [9.17, 15) is 8.78 Å². The molecule has 0 unspecified atom stereocenters. The summed E-state index contributed by atoms with van der Waals surface area (Å²) >= 11 is 1.63. The van der Waals surface area contributed by atoms with Crippen LogP contribution >= 0.6 is 11.3 Å². The van der Waals surface area contributed by atoms with Crippen molar-refractivity contribution in [1.29, 1.82) is 0 Å². The van der Waals surface area contributed by atoms with Gasteiger partial charge < -0.3 is 0 Å². The third-order valence-electron chi connectivity index (χ3n) is 4.86. The zero-order chi connectivity index (χ0) is 17.2. The summed E-state index contributed by atoms with van der Waals surface area (Å²) in [6, 6.07) is 8.53. The number of pyridine rings is 1. The second-order valence-electron chi connectivity index (χ2n) is 6.50. The summed E-state index contributed by atoms with van der Waals surface area (Å²) in [7, 11) is 0. The van der Waals surface area contributed by atoms with Crippen molar-refractivity contribution in [3.05, 3.63) is 47.9 Å². The molecule has 3 nitrogen and oxygen atoms in total. The highest BCUT2D eigenvalue weighted by Crippen LogP contribution is 2.31. The van der Waals surface area contributed by atoms with Gasteiger partial charge in [-0.05, 0) is 49.0 Å². The van der Waals surface area contributed by atoms with Crippen LogP contribution < -0.4 is 0 Å². The Hall–Kier alpha value is -1.92. The van der Waals surface area contributed by atoms with Crippen molar-refractivity contribution in [1.82, 2.24) is 14.9 Å². The molecule has 25 heavy (non-hydrogen) atoms. The van der Waals surface area contributed by atoms with Crippen LogP contribution in [0.25, 0.3) is 21.2 Å². The van der Waals surface area contributed by atoms with E-state index in [0.29, 0.717) is 5.92 Å². The third-order valence-corrected chi connectivity index (χ3v) is 5.68. The summed E-state index contributed by atoms with van der Waals surface area (Å²) in [5.41, 5.74) is 4.08. The summed E-state index contributed by atoms with van der Waals surface area (Å²) in [5, 5.41) is 2.29. The predicted molar refractivity (Wildman–Crippen MR) is 97.3 cm³/mol. The van der Waals surface area contributed by atoms with Crippen LogP contribution in [0.15, 0.2) is 42.2 Å². The molecular formula is C19H19F2N3S. The number of fused-ring (bicyclic) bond motifs is 1. The van der Waals surface area contributed by atoms with Crippen LogP contribution in [0.3, 0.4) is 0 Å². The van der Waals surface area contributed by atoms with Crippen molar-refractivity contribution < 1.29 is 8.78 Å². The van der Waals surface area contributed by atoms with E-state index in [1.54, 1.807) is 11.3 Å². The molecule has 0 atom stereocenters. The lowest BCUT2D eigenvalue weighted by Gasteiger charge is -2.31. The minimum absolute atomic E-state index is 0.115. The summed E-state index contributed by atoms with van der Waals surface area (Å²) < 4.78 is 25.0. The minimum Gasteiger partial charge on any atom is -0.298 e. The number of hydrogen-bond acceptors (Lipinski definition) is 4. The Morgan fingerprint density at radius 3 is 2.68 bits per heavy atom. The Bertz CT molecular complexity index is 843. The fourth-order valence-electron chi connectivity index (χ4n) is 3.50. The van der Waals surface area contributed by atoms with Crippen LogP contribution in [0, 0.1) is 0 Å². The summed E-state index contributed by atoms with van der Waals surface area (Å²) in [6.45, 7) is 1.32. The number of thiazole rings is 1. The molecule has 1 aromatic carbocycles. The smallest absolute Gasteiger partial charge is 0.251 e. The average Bonchev–Trinajstić information content (AvgIpc) is 3.16. The number of piperidine rings is 1. The second-order valence-corrected chi connectivity index (χ2v) is 7.39. The minimum atomic E-state index is -2.25. The molecule has 0 amide bonds. The lowest BCUT2D eigenvalue weighted by Crippen LogP contribution is -2.36. The molecule has 0 aliphatic carbocycles. The van der Waals surface area contributed by atoms with Gasteiger partial charge in [-0.25, -0.2) is 8.78 Å². The van der Waals surface area contributed by atoms with Crippen LogP contribution in [-0.4, -0.2) is 40.9 Å². The second kappa shape index (κ2) is 7.14. The molecule has 0 N–H and O–H groups in total. The maximum absolute atomic E-state index is 12.5. The summed E-state index contributed by atoms with van der Waals surface area (Å²) in [5.74, 6) is 0.352. The lowest BCUT2D eigenvalue weighted by atomic mass is 9.92. The molecule has 0 radical (unpaired) electrons. The Labute approximate surface area is 149 Å². The van der Waals surface area contributed by atoms with Gasteiger partial charge in [0.2, 0.25) is 0 Å². The van der Waals surface area contributed by atoms with Crippen molar-refractivity contribution in [3.8, 4) is 10.4 Å². The van der Waals surface area contributed by atoms with Crippen LogP contribution in [0.2, 0.25) is 0 Å². The van der Waals surface area contributed by atoms with Gasteiger partial charge in [-0.15, -0.1) is 11.3 Å². The van der Waals surface area contributed by atoms with Crippen LogP contribution in [0.4, 0.5) is 8.78 Å². The van der Waals surface area contributed by atoms with E-state index in [-0.39, 0.29) is 6.54 Å². The lowest BCUT2D eigenvalue weighted by molar-refractivity contribution is 0.0752. The predicted octanol–water partition coefficient (Wildman–Crippen LogP) is 4.80. The average molecular weight is 359 g/mol. The van der Waals surface area contributed by atoms with E-state index in [4.69, 9.17) is 0 Å². The Morgan fingerprint density at radius 1 is 1.12 bits per heavy atom. The first-order chi connectivity index (χ1) is 12.2. The fourth-order valence-corrected chi connectivity index (χ4v) is 4.12. The van der Waals surface area contributed by atoms with Gasteiger partial charge in [0.15, 0.2) is 0 Å². The monoisotopic (exact) mass is 359 g/mol. The van der Waals surface area contributed by atoms with E-state index in [1.165, 1.54) is 10.9 Å². The highest BCUT2D eigenvalue weighted by atomic mass is 32.1.